The van der Waals surface area contributed by atoms with Crippen molar-refractivity contribution in [2.75, 3.05) is 43.1 Å². The van der Waals surface area contributed by atoms with Crippen LogP contribution < -0.4 is 16.0 Å². The topological polar surface area (TPSA) is 113 Å². The van der Waals surface area contributed by atoms with Crippen molar-refractivity contribution < 1.29 is 22.4 Å². The van der Waals surface area contributed by atoms with Crippen molar-refractivity contribution >= 4 is 33.0 Å². The normalized spacial score (nSPS) is 14.8. The number of anilines is 2. The number of carbonyl (C=O) groups is 2. The van der Waals surface area contributed by atoms with Crippen LogP contribution in [0.1, 0.15) is 22.0 Å². The smallest absolute Gasteiger partial charge is 0.254 e. The lowest BCUT2D eigenvalue weighted by Gasteiger charge is -2.38. The molecular formula is C26H27FN4O4S. The number of nitrogens with two attached hydrogens (primary N) is 1. The van der Waals surface area contributed by atoms with E-state index in [1.165, 1.54) is 12.1 Å². The van der Waals surface area contributed by atoms with E-state index in [1.807, 2.05) is 11.0 Å². The summed E-state index contributed by atoms with van der Waals surface area (Å²) in [5, 5.41) is 2.82. The van der Waals surface area contributed by atoms with Gasteiger partial charge in [0.1, 0.15) is 11.9 Å². The van der Waals surface area contributed by atoms with Gasteiger partial charge in [-0.3, -0.25) is 9.59 Å². The minimum atomic E-state index is -3.65. The Bertz CT molecular complexity index is 1370. The third-order valence-corrected chi connectivity index (χ3v) is 7.24. The van der Waals surface area contributed by atoms with Crippen molar-refractivity contribution in [2.24, 2.45) is 0 Å². The van der Waals surface area contributed by atoms with E-state index in [1.54, 1.807) is 53.4 Å². The number of benzene rings is 3. The predicted molar refractivity (Wildman–Crippen MR) is 136 cm³/mol. The Kier molecular flexibility index (Phi) is 7.25. The molecule has 3 aromatic rings. The third kappa shape index (κ3) is 5.49. The number of piperazine rings is 1. The molecule has 8 nitrogen and oxygen atoms in total. The number of rotatable bonds is 6. The lowest BCUT2D eigenvalue weighted by molar-refractivity contribution is -0.133. The van der Waals surface area contributed by atoms with Gasteiger partial charge in [0.15, 0.2) is 9.84 Å². The number of hydrogen-bond acceptors (Lipinski definition) is 6. The number of hydrogen-bond donors (Lipinski definition) is 2. The van der Waals surface area contributed by atoms with E-state index in [0.29, 0.717) is 43.1 Å². The van der Waals surface area contributed by atoms with E-state index in [2.05, 4.69) is 5.32 Å². The van der Waals surface area contributed by atoms with Crippen LogP contribution in [0.4, 0.5) is 15.8 Å². The summed E-state index contributed by atoms with van der Waals surface area (Å²) in [6, 6.07) is 18.3. The van der Waals surface area contributed by atoms with Crippen molar-refractivity contribution in [1.82, 2.24) is 10.2 Å². The van der Waals surface area contributed by atoms with Crippen LogP contribution in [-0.4, -0.2) is 57.6 Å². The Balaban J connectivity index is 1.53. The summed E-state index contributed by atoms with van der Waals surface area (Å²) in [6.07, 6.45) is 1.04. The quantitative estimate of drug-likeness (QED) is 0.493. The second-order valence-corrected chi connectivity index (χ2v) is 10.6. The fourth-order valence-electron chi connectivity index (χ4n) is 4.24. The molecule has 3 N–H and O–H groups in total. The van der Waals surface area contributed by atoms with Gasteiger partial charge in [-0.1, -0.05) is 42.5 Å². The van der Waals surface area contributed by atoms with E-state index in [4.69, 9.17) is 5.73 Å². The van der Waals surface area contributed by atoms with Gasteiger partial charge in [-0.05, 0) is 35.9 Å². The number of nitrogen functional groups attached to an aromatic ring is 1. The molecule has 10 heteroatoms. The Morgan fingerprint density at radius 1 is 0.944 bits per heavy atom. The number of amides is 2. The van der Waals surface area contributed by atoms with Crippen molar-refractivity contribution in [3.63, 3.8) is 0 Å². The van der Waals surface area contributed by atoms with Gasteiger partial charge in [-0.15, -0.1) is 0 Å². The first kappa shape index (κ1) is 25.2. The molecule has 0 spiro atoms. The van der Waals surface area contributed by atoms with Crippen molar-refractivity contribution in [1.29, 1.82) is 0 Å². The fraction of sp³-hybridized carbons (Fsp3) is 0.231. The molecule has 0 aromatic heterocycles. The van der Waals surface area contributed by atoms with Crippen LogP contribution in [0.3, 0.4) is 0 Å². The Hall–Kier alpha value is -3.92. The number of halogens is 1. The second-order valence-electron chi connectivity index (χ2n) is 8.60. The highest BCUT2D eigenvalue weighted by atomic mass is 32.2. The summed E-state index contributed by atoms with van der Waals surface area (Å²) in [5.74, 6) is -1.38. The largest absolute Gasteiger partial charge is 0.398 e. The van der Waals surface area contributed by atoms with Crippen LogP contribution in [0.25, 0.3) is 0 Å². The third-order valence-electron chi connectivity index (χ3n) is 6.11. The van der Waals surface area contributed by atoms with E-state index in [-0.39, 0.29) is 16.4 Å². The summed E-state index contributed by atoms with van der Waals surface area (Å²) in [7, 11) is -3.65. The minimum absolute atomic E-state index is 0.0860. The van der Waals surface area contributed by atoms with Crippen LogP contribution >= 0.6 is 0 Å². The standard InChI is InChI=1S/C26H27FN4O4S/c1-36(34,35)23-17-19(27)11-12-22(23)30-13-15-31(16-14-30)26(33)24(18-7-3-2-4-8-18)29-25(32)20-9-5-6-10-21(20)28/h2-12,17,24H,13-16,28H2,1H3,(H,29,32). The maximum Gasteiger partial charge on any atom is 0.254 e. The SMILES string of the molecule is CS(=O)(=O)c1cc(F)ccc1N1CCN(C(=O)C(NC(=O)c2ccccc2N)c2ccccc2)CC1. The highest BCUT2D eigenvalue weighted by molar-refractivity contribution is 7.90. The number of sulfone groups is 1. The van der Waals surface area contributed by atoms with Gasteiger partial charge in [0.2, 0.25) is 5.91 Å². The van der Waals surface area contributed by atoms with Crippen LogP contribution in [-0.2, 0) is 14.6 Å². The molecular weight excluding hydrogens is 483 g/mol. The average Bonchev–Trinajstić information content (AvgIpc) is 2.87. The fourth-order valence-corrected chi connectivity index (χ4v) is 5.15. The summed E-state index contributed by atoms with van der Waals surface area (Å²) in [5.41, 5.74) is 7.57. The molecule has 36 heavy (non-hydrogen) atoms. The van der Waals surface area contributed by atoms with Gasteiger partial charge in [0.25, 0.3) is 5.91 Å². The first-order chi connectivity index (χ1) is 17.1. The Morgan fingerprint density at radius 2 is 1.58 bits per heavy atom. The molecule has 1 unspecified atom stereocenters. The molecule has 1 saturated heterocycles. The van der Waals surface area contributed by atoms with Gasteiger partial charge >= 0.3 is 0 Å². The lowest BCUT2D eigenvalue weighted by Crippen LogP contribution is -2.52. The maximum absolute atomic E-state index is 13.7. The van der Waals surface area contributed by atoms with E-state index < -0.39 is 27.6 Å². The Morgan fingerprint density at radius 3 is 2.22 bits per heavy atom. The van der Waals surface area contributed by atoms with Gasteiger partial charge < -0.3 is 20.9 Å². The summed E-state index contributed by atoms with van der Waals surface area (Å²) < 4.78 is 38.1. The summed E-state index contributed by atoms with van der Waals surface area (Å²) >= 11 is 0. The maximum atomic E-state index is 13.7. The zero-order chi connectivity index (χ0) is 25.9. The molecule has 1 fully saturated rings. The second kappa shape index (κ2) is 10.4. The molecule has 0 saturated carbocycles. The van der Waals surface area contributed by atoms with E-state index in [0.717, 1.165) is 12.3 Å². The first-order valence-electron chi connectivity index (χ1n) is 11.4. The predicted octanol–water partition coefficient (Wildman–Crippen LogP) is 2.63. The lowest BCUT2D eigenvalue weighted by atomic mass is 10.0. The molecule has 1 heterocycles. The molecule has 0 bridgehead atoms. The molecule has 3 aromatic carbocycles. The zero-order valence-electron chi connectivity index (χ0n) is 19.7. The van der Waals surface area contributed by atoms with Gasteiger partial charge in [-0.25, -0.2) is 12.8 Å². The average molecular weight is 511 g/mol. The van der Waals surface area contributed by atoms with Crippen molar-refractivity contribution in [2.45, 2.75) is 10.9 Å². The molecule has 1 aliphatic rings. The number of nitrogens with one attached hydrogen (secondary N) is 1. The Labute approximate surface area is 209 Å². The highest BCUT2D eigenvalue weighted by Gasteiger charge is 2.31. The molecule has 1 atom stereocenters. The number of carbonyl (C=O) groups excluding carboxylic acids is 2. The van der Waals surface area contributed by atoms with Crippen LogP contribution in [0.5, 0.6) is 0 Å². The van der Waals surface area contributed by atoms with Crippen LogP contribution in [0, 0.1) is 5.82 Å². The monoisotopic (exact) mass is 510 g/mol. The minimum Gasteiger partial charge on any atom is -0.398 e. The van der Waals surface area contributed by atoms with Gasteiger partial charge in [0, 0.05) is 38.1 Å². The van der Waals surface area contributed by atoms with Gasteiger partial charge in [-0.2, -0.15) is 0 Å². The van der Waals surface area contributed by atoms with Crippen LogP contribution in [0.15, 0.2) is 77.7 Å². The van der Waals surface area contributed by atoms with Crippen molar-refractivity contribution in [3.8, 4) is 0 Å². The first-order valence-corrected chi connectivity index (χ1v) is 13.3. The molecule has 1 aliphatic heterocycles. The summed E-state index contributed by atoms with van der Waals surface area (Å²) in [4.78, 5) is 29.9. The molecule has 0 aliphatic carbocycles. The van der Waals surface area contributed by atoms with E-state index >= 15 is 0 Å². The van der Waals surface area contributed by atoms with Crippen LogP contribution in [0.2, 0.25) is 0 Å². The number of para-hydroxylation sites is 1. The zero-order valence-corrected chi connectivity index (χ0v) is 20.5. The molecule has 0 radical (unpaired) electrons. The molecule has 2 amide bonds. The van der Waals surface area contributed by atoms with Gasteiger partial charge in [0.05, 0.1) is 16.1 Å². The van der Waals surface area contributed by atoms with E-state index in [9.17, 15) is 22.4 Å². The number of nitrogens with zero attached hydrogens (tertiary/aromatic N) is 2. The highest BCUT2D eigenvalue weighted by Crippen LogP contribution is 2.28. The summed E-state index contributed by atoms with van der Waals surface area (Å²) in [6.45, 7) is 1.29. The molecule has 188 valence electrons. The van der Waals surface area contributed by atoms with Crippen molar-refractivity contribution in [3.05, 3.63) is 89.7 Å². The molecule has 4 rings (SSSR count).